The molecule has 1 aliphatic rings. The molecule has 0 bridgehead atoms. The molecular formula is C24H22Cl2O2. The van der Waals surface area contributed by atoms with E-state index in [0.717, 1.165) is 22.4 Å². The average Bonchev–Trinajstić information content (AvgIpc) is 3.25. The zero-order chi connectivity index (χ0) is 19.8. The lowest BCUT2D eigenvalue weighted by atomic mass is 9.84. The fourth-order valence-electron chi connectivity index (χ4n) is 4.34. The maximum atomic E-state index is 6.93. The van der Waals surface area contributed by atoms with E-state index in [2.05, 4.69) is 24.3 Å². The zero-order valence-electron chi connectivity index (χ0n) is 15.8. The van der Waals surface area contributed by atoms with Gasteiger partial charge in [0.2, 0.25) is 0 Å². The fourth-order valence-corrected chi connectivity index (χ4v) is 5.40. The van der Waals surface area contributed by atoms with Gasteiger partial charge in [-0.2, -0.15) is 0 Å². The monoisotopic (exact) mass is 412 g/mol. The predicted octanol–water partition coefficient (Wildman–Crippen LogP) is 6.17. The Bertz CT molecular complexity index is 926. The minimum atomic E-state index is -1.05. The second kappa shape index (κ2) is 7.44. The minimum Gasteiger partial charge on any atom is -0.497 e. The van der Waals surface area contributed by atoms with Gasteiger partial charge in [-0.15, -0.1) is 0 Å². The molecule has 3 atom stereocenters. The van der Waals surface area contributed by atoms with Gasteiger partial charge in [0.1, 0.15) is 11.4 Å². The summed E-state index contributed by atoms with van der Waals surface area (Å²) >= 11 is 13.9. The van der Waals surface area contributed by atoms with Gasteiger partial charge in [-0.25, -0.2) is 0 Å². The highest BCUT2D eigenvalue weighted by Gasteiger charge is 2.80. The average molecular weight is 413 g/mol. The van der Waals surface area contributed by atoms with Gasteiger partial charge in [-0.05, 0) is 28.8 Å². The fraction of sp³-hybridized carbons (Fsp3) is 0.250. The van der Waals surface area contributed by atoms with Gasteiger partial charge in [0.15, 0.2) is 4.33 Å². The molecule has 0 radical (unpaired) electrons. The smallest absolute Gasteiger partial charge is 0.158 e. The third kappa shape index (κ3) is 2.91. The Hall–Kier alpha value is -2.00. The van der Waals surface area contributed by atoms with E-state index in [0.29, 0.717) is 0 Å². The molecule has 4 rings (SSSR count). The molecule has 0 amide bonds. The third-order valence-electron chi connectivity index (χ3n) is 5.73. The number of benzene rings is 3. The maximum absolute atomic E-state index is 6.93. The van der Waals surface area contributed by atoms with Crippen molar-refractivity contribution in [1.82, 2.24) is 0 Å². The molecule has 0 N–H and O–H groups in total. The van der Waals surface area contributed by atoms with Gasteiger partial charge in [-0.3, -0.25) is 0 Å². The summed E-state index contributed by atoms with van der Waals surface area (Å²) in [5, 5.41) is 0. The van der Waals surface area contributed by atoms with Crippen molar-refractivity contribution in [2.75, 3.05) is 14.2 Å². The molecule has 1 aliphatic carbocycles. The predicted molar refractivity (Wildman–Crippen MR) is 114 cm³/mol. The number of hydrogen-bond acceptors (Lipinski definition) is 2. The molecule has 2 nitrogen and oxygen atoms in total. The molecule has 0 aromatic heterocycles. The Balaban J connectivity index is 1.85. The van der Waals surface area contributed by atoms with E-state index in [1.54, 1.807) is 14.2 Å². The van der Waals surface area contributed by atoms with Crippen molar-refractivity contribution in [3.05, 3.63) is 102 Å². The second-order valence-electron chi connectivity index (χ2n) is 7.07. The number of halogens is 2. The molecule has 3 aromatic carbocycles. The summed E-state index contributed by atoms with van der Waals surface area (Å²) in [6.07, 6.45) is 0. The van der Waals surface area contributed by atoms with E-state index in [4.69, 9.17) is 32.7 Å². The van der Waals surface area contributed by atoms with Crippen LogP contribution in [0.5, 0.6) is 5.75 Å². The van der Waals surface area contributed by atoms with Crippen LogP contribution >= 0.6 is 23.2 Å². The Morgan fingerprint density at radius 3 is 1.82 bits per heavy atom. The molecular weight excluding hydrogens is 391 g/mol. The number of methoxy groups -OCH3 is 2. The van der Waals surface area contributed by atoms with Crippen LogP contribution in [0.2, 0.25) is 0 Å². The highest BCUT2D eigenvalue weighted by Crippen LogP contribution is 2.74. The van der Waals surface area contributed by atoms with Crippen LogP contribution in [0.25, 0.3) is 0 Å². The van der Waals surface area contributed by atoms with Crippen LogP contribution in [0.4, 0.5) is 0 Å². The van der Waals surface area contributed by atoms with Crippen molar-refractivity contribution < 1.29 is 9.47 Å². The zero-order valence-corrected chi connectivity index (χ0v) is 17.3. The van der Waals surface area contributed by atoms with E-state index >= 15 is 0 Å². The first-order valence-corrected chi connectivity index (χ1v) is 9.99. The standard InChI is InChI=1S/C24H22Cl2O2/c1-27-20-15-13-18(14-16-20)21(17-9-5-3-6-10-17)22-23(28-2,24(22,25)26)19-11-7-4-8-12-19/h3-16,21-22H,1-2H3. The van der Waals surface area contributed by atoms with Gasteiger partial charge < -0.3 is 9.47 Å². The Morgan fingerprint density at radius 2 is 1.29 bits per heavy atom. The summed E-state index contributed by atoms with van der Waals surface area (Å²) in [5.41, 5.74) is 2.48. The third-order valence-corrected chi connectivity index (χ3v) is 6.76. The molecule has 0 spiro atoms. The summed E-state index contributed by atoms with van der Waals surface area (Å²) in [5.74, 6) is 0.643. The van der Waals surface area contributed by atoms with E-state index in [1.807, 2.05) is 60.7 Å². The molecule has 28 heavy (non-hydrogen) atoms. The van der Waals surface area contributed by atoms with Gasteiger partial charge in [0.25, 0.3) is 0 Å². The molecule has 3 unspecified atom stereocenters. The van der Waals surface area contributed by atoms with Gasteiger partial charge in [0.05, 0.1) is 7.11 Å². The van der Waals surface area contributed by atoms with Crippen molar-refractivity contribution in [3.8, 4) is 5.75 Å². The first-order valence-electron chi connectivity index (χ1n) is 9.23. The first kappa shape index (κ1) is 19.3. The molecule has 0 aliphatic heterocycles. The van der Waals surface area contributed by atoms with Crippen LogP contribution in [-0.2, 0) is 10.3 Å². The lowest BCUT2D eigenvalue weighted by molar-refractivity contribution is 0.0591. The Morgan fingerprint density at radius 1 is 0.750 bits per heavy atom. The van der Waals surface area contributed by atoms with E-state index < -0.39 is 9.93 Å². The normalized spacial score (nSPS) is 23.8. The lowest BCUT2D eigenvalue weighted by Crippen LogP contribution is -2.19. The molecule has 4 heteroatoms. The lowest BCUT2D eigenvalue weighted by Gasteiger charge is -2.22. The summed E-state index contributed by atoms with van der Waals surface area (Å²) in [6.45, 7) is 0. The molecule has 1 fully saturated rings. The Kier molecular flexibility index (Phi) is 5.13. The number of ether oxygens (including phenoxy) is 2. The largest absolute Gasteiger partial charge is 0.497 e. The summed E-state index contributed by atoms with van der Waals surface area (Å²) in [7, 11) is 3.35. The minimum absolute atomic E-state index is 0.0257. The highest BCUT2D eigenvalue weighted by molar-refractivity contribution is 6.52. The van der Waals surface area contributed by atoms with E-state index in [-0.39, 0.29) is 11.8 Å². The van der Waals surface area contributed by atoms with Gasteiger partial charge in [0, 0.05) is 18.9 Å². The Labute approximate surface area is 176 Å². The topological polar surface area (TPSA) is 18.5 Å². The van der Waals surface area contributed by atoms with Crippen LogP contribution in [0, 0.1) is 5.92 Å². The summed E-state index contributed by atoms with van der Waals surface area (Å²) < 4.78 is 10.3. The van der Waals surface area contributed by atoms with Crippen molar-refractivity contribution in [1.29, 1.82) is 0 Å². The van der Waals surface area contributed by atoms with Crippen molar-refractivity contribution in [2.24, 2.45) is 5.92 Å². The van der Waals surface area contributed by atoms with Crippen LogP contribution < -0.4 is 4.74 Å². The van der Waals surface area contributed by atoms with Crippen molar-refractivity contribution >= 4 is 23.2 Å². The van der Waals surface area contributed by atoms with Crippen LogP contribution in [-0.4, -0.2) is 18.6 Å². The number of hydrogen-bond donors (Lipinski definition) is 0. The quantitative estimate of drug-likeness (QED) is 0.450. The highest BCUT2D eigenvalue weighted by atomic mass is 35.5. The second-order valence-corrected chi connectivity index (χ2v) is 8.45. The molecule has 144 valence electrons. The van der Waals surface area contributed by atoms with Crippen molar-refractivity contribution in [3.63, 3.8) is 0 Å². The number of alkyl halides is 2. The SMILES string of the molecule is COc1ccc(C(c2ccccc2)C2C(Cl)(Cl)C2(OC)c2ccccc2)cc1. The van der Waals surface area contributed by atoms with Crippen molar-refractivity contribution in [2.45, 2.75) is 15.9 Å². The molecule has 3 aromatic rings. The van der Waals surface area contributed by atoms with Gasteiger partial charge in [-0.1, -0.05) is 96.0 Å². The molecule has 0 heterocycles. The molecule has 0 saturated heterocycles. The number of rotatable bonds is 6. The van der Waals surface area contributed by atoms with E-state index in [1.165, 1.54) is 0 Å². The van der Waals surface area contributed by atoms with Crippen LogP contribution in [0.3, 0.4) is 0 Å². The van der Waals surface area contributed by atoms with Gasteiger partial charge >= 0.3 is 0 Å². The maximum Gasteiger partial charge on any atom is 0.158 e. The molecule has 1 saturated carbocycles. The van der Waals surface area contributed by atoms with Crippen LogP contribution in [0.1, 0.15) is 22.6 Å². The summed E-state index contributed by atoms with van der Waals surface area (Å²) in [4.78, 5) is 0. The summed E-state index contributed by atoms with van der Waals surface area (Å²) in [6, 6.07) is 28.4. The van der Waals surface area contributed by atoms with E-state index in [9.17, 15) is 0 Å². The van der Waals surface area contributed by atoms with Crippen LogP contribution in [0.15, 0.2) is 84.9 Å². The first-order chi connectivity index (χ1) is 13.6.